The van der Waals surface area contributed by atoms with Crippen molar-refractivity contribution in [2.45, 2.75) is 125 Å². The number of hydrogen-bond acceptors (Lipinski definition) is 4. The Balaban J connectivity index is 1.31. The molecular weight excluding hydrogens is 733 g/mol. The standard InChI is InChI=1S/C55H66N4O/c1-35(2)36-26-39(54(9,10)11)28-41(27-36)57-47-18-16-17-19-49(47)58(15)42-29-40(55(12,13)14)30-44(33-42)60-43-21-22-45-46-31-37(52(3,4)5)20-23-48(46)59(50(45)34-43)51-32-38(24-25-56-51)53(6,7)8/h16-35,57H,1-15H3. The maximum absolute atomic E-state index is 6.92. The fourth-order valence-electron chi connectivity index (χ4n) is 7.85. The van der Waals surface area contributed by atoms with Crippen LogP contribution in [-0.2, 0) is 21.7 Å². The number of nitrogens with one attached hydrogen (secondary N) is 1. The number of fused-ring (bicyclic) bond motifs is 3. The molecule has 7 rings (SSSR count). The number of benzene rings is 5. The van der Waals surface area contributed by atoms with Crippen LogP contribution in [0.5, 0.6) is 11.5 Å². The van der Waals surface area contributed by atoms with Crippen LogP contribution >= 0.6 is 0 Å². The summed E-state index contributed by atoms with van der Waals surface area (Å²) < 4.78 is 9.22. The minimum Gasteiger partial charge on any atom is -0.457 e. The zero-order chi connectivity index (χ0) is 43.5. The van der Waals surface area contributed by atoms with Crippen LogP contribution < -0.4 is 15.0 Å². The quantitative estimate of drug-likeness (QED) is 0.166. The molecule has 0 bridgehead atoms. The molecule has 0 saturated heterocycles. The molecule has 2 heterocycles. The van der Waals surface area contributed by atoms with E-state index in [0.717, 1.165) is 51.1 Å². The lowest BCUT2D eigenvalue weighted by molar-refractivity contribution is 0.479. The van der Waals surface area contributed by atoms with Gasteiger partial charge in [-0.1, -0.05) is 121 Å². The molecule has 5 heteroatoms. The summed E-state index contributed by atoms with van der Waals surface area (Å²) in [4.78, 5) is 7.22. The first-order chi connectivity index (χ1) is 28.0. The van der Waals surface area contributed by atoms with Gasteiger partial charge < -0.3 is 15.0 Å². The van der Waals surface area contributed by atoms with Crippen molar-refractivity contribution in [1.82, 2.24) is 9.55 Å². The van der Waals surface area contributed by atoms with Gasteiger partial charge >= 0.3 is 0 Å². The minimum absolute atomic E-state index is 0.0156. The van der Waals surface area contributed by atoms with Gasteiger partial charge in [-0.3, -0.25) is 4.57 Å². The van der Waals surface area contributed by atoms with Gasteiger partial charge in [0.25, 0.3) is 0 Å². The first-order valence-corrected chi connectivity index (χ1v) is 21.6. The average molecular weight is 799 g/mol. The molecule has 0 radical (unpaired) electrons. The van der Waals surface area contributed by atoms with E-state index in [2.05, 4.69) is 228 Å². The number of aromatic nitrogens is 2. The monoisotopic (exact) mass is 799 g/mol. The molecule has 0 aliphatic heterocycles. The highest BCUT2D eigenvalue weighted by atomic mass is 16.5. The zero-order valence-electron chi connectivity index (χ0n) is 38.8. The lowest BCUT2D eigenvalue weighted by Crippen LogP contribution is -2.16. The van der Waals surface area contributed by atoms with Crippen LogP contribution in [0.3, 0.4) is 0 Å². The number of hydrogen-bond donors (Lipinski definition) is 1. The van der Waals surface area contributed by atoms with Crippen LogP contribution in [0.15, 0.2) is 115 Å². The van der Waals surface area contributed by atoms with Crippen molar-refractivity contribution in [3.8, 4) is 17.3 Å². The van der Waals surface area contributed by atoms with Crippen LogP contribution in [0.4, 0.5) is 22.7 Å². The van der Waals surface area contributed by atoms with Crippen LogP contribution in [0, 0.1) is 0 Å². The molecule has 0 saturated carbocycles. The van der Waals surface area contributed by atoms with Crippen molar-refractivity contribution < 1.29 is 4.74 Å². The van der Waals surface area contributed by atoms with Crippen LogP contribution in [-0.4, -0.2) is 16.6 Å². The normalized spacial score (nSPS) is 12.7. The second-order valence-corrected chi connectivity index (χ2v) is 21.2. The molecule has 0 amide bonds. The molecule has 60 heavy (non-hydrogen) atoms. The molecule has 5 nitrogen and oxygen atoms in total. The molecule has 0 unspecified atom stereocenters. The van der Waals surface area contributed by atoms with Gasteiger partial charge in [0.15, 0.2) is 0 Å². The Labute approximate surface area is 359 Å². The summed E-state index contributed by atoms with van der Waals surface area (Å²) in [6, 6.07) is 39.9. The van der Waals surface area contributed by atoms with Gasteiger partial charge in [0, 0.05) is 47.5 Å². The lowest BCUT2D eigenvalue weighted by Gasteiger charge is -2.27. The molecule has 0 fully saturated rings. The van der Waals surface area contributed by atoms with E-state index < -0.39 is 0 Å². The Hall–Kier alpha value is -5.55. The third kappa shape index (κ3) is 8.82. The Morgan fingerprint density at radius 3 is 1.88 bits per heavy atom. The Morgan fingerprint density at radius 2 is 1.22 bits per heavy atom. The fraction of sp³-hybridized carbons (Fsp3) is 0.364. The van der Waals surface area contributed by atoms with Gasteiger partial charge in [0.2, 0.25) is 0 Å². The van der Waals surface area contributed by atoms with Gasteiger partial charge in [0.1, 0.15) is 17.3 Å². The third-order valence-electron chi connectivity index (χ3n) is 11.9. The second kappa shape index (κ2) is 15.5. The average Bonchev–Trinajstić information content (AvgIpc) is 3.49. The predicted octanol–water partition coefficient (Wildman–Crippen LogP) is 15.8. The van der Waals surface area contributed by atoms with Gasteiger partial charge in [-0.25, -0.2) is 4.98 Å². The largest absolute Gasteiger partial charge is 0.457 e. The van der Waals surface area contributed by atoms with Gasteiger partial charge in [-0.15, -0.1) is 0 Å². The molecule has 7 aromatic rings. The molecule has 2 aromatic heterocycles. The highest BCUT2D eigenvalue weighted by molar-refractivity contribution is 6.09. The first-order valence-electron chi connectivity index (χ1n) is 21.6. The van der Waals surface area contributed by atoms with Gasteiger partial charge in [0.05, 0.1) is 22.4 Å². The van der Waals surface area contributed by atoms with E-state index in [1.165, 1.54) is 38.6 Å². The topological polar surface area (TPSA) is 42.3 Å². The first kappa shape index (κ1) is 42.6. The summed E-state index contributed by atoms with van der Waals surface area (Å²) in [5.41, 5.74) is 12.8. The second-order valence-electron chi connectivity index (χ2n) is 21.2. The summed E-state index contributed by atoms with van der Waals surface area (Å²) in [6.07, 6.45) is 1.94. The summed E-state index contributed by atoms with van der Waals surface area (Å²) in [5, 5.41) is 6.21. The van der Waals surface area contributed by atoms with E-state index in [1.54, 1.807) is 0 Å². The molecule has 0 aliphatic carbocycles. The SMILES string of the molecule is CC(C)c1cc(Nc2ccccc2N(C)c2cc(Oc3ccc4c5cc(C(C)(C)C)ccc5n(-c5cc(C(C)(C)C)ccn5)c4c3)cc(C(C)(C)C)c2)cc(C(C)(C)C)c1. The maximum Gasteiger partial charge on any atom is 0.137 e. The van der Waals surface area contributed by atoms with Crippen molar-refractivity contribution in [1.29, 1.82) is 0 Å². The molecule has 0 atom stereocenters. The Bertz CT molecular complexity index is 2690. The van der Waals surface area contributed by atoms with Crippen molar-refractivity contribution in [2.24, 2.45) is 0 Å². The fourth-order valence-corrected chi connectivity index (χ4v) is 7.85. The number of para-hydroxylation sites is 2. The van der Waals surface area contributed by atoms with Crippen LogP contribution in [0.25, 0.3) is 27.6 Å². The van der Waals surface area contributed by atoms with Crippen LogP contribution in [0.1, 0.15) is 131 Å². The predicted molar refractivity (Wildman–Crippen MR) is 258 cm³/mol. The van der Waals surface area contributed by atoms with E-state index in [9.17, 15) is 0 Å². The summed E-state index contributed by atoms with van der Waals surface area (Å²) in [5.74, 6) is 2.89. The molecule has 1 N–H and O–H groups in total. The number of ether oxygens (including phenoxy) is 1. The minimum atomic E-state index is -0.113. The molecule has 5 aromatic carbocycles. The van der Waals surface area contributed by atoms with E-state index in [0.29, 0.717) is 5.92 Å². The molecule has 0 spiro atoms. The third-order valence-corrected chi connectivity index (χ3v) is 11.9. The van der Waals surface area contributed by atoms with Crippen molar-refractivity contribution in [2.75, 3.05) is 17.3 Å². The van der Waals surface area contributed by atoms with E-state index in [1.807, 2.05) is 6.20 Å². The number of anilines is 4. The number of rotatable bonds is 8. The van der Waals surface area contributed by atoms with Crippen molar-refractivity contribution >= 4 is 44.6 Å². The van der Waals surface area contributed by atoms with Crippen molar-refractivity contribution in [3.05, 3.63) is 143 Å². The number of pyridine rings is 1. The Kier molecular flexibility index (Phi) is 11.0. The van der Waals surface area contributed by atoms with Gasteiger partial charge in [-0.05, 0) is 128 Å². The lowest BCUT2D eigenvalue weighted by atomic mass is 9.84. The zero-order valence-corrected chi connectivity index (χ0v) is 38.8. The summed E-state index contributed by atoms with van der Waals surface area (Å²) >= 11 is 0. The van der Waals surface area contributed by atoms with E-state index >= 15 is 0 Å². The summed E-state index contributed by atoms with van der Waals surface area (Å²) in [7, 11) is 2.15. The highest BCUT2D eigenvalue weighted by Crippen LogP contribution is 2.42. The maximum atomic E-state index is 6.92. The van der Waals surface area contributed by atoms with Crippen LogP contribution in [0.2, 0.25) is 0 Å². The Morgan fingerprint density at radius 1 is 0.567 bits per heavy atom. The molecule has 0 aliphatic rings. The van der Waals surface area contributed by atoms with Crippen molar-refractivity contribution in [3.63, 3.8) is 0 Å². The van der Waals surface area contributed by atoms with Gasteiger partial charge in [-0.2, -0.15) is 0 Å². The molecule has 312 valence electrons. The smallest absolute Gasteiger partial charge is 0.137 e. The van der Waals surface area contributed by atoms with E-state index in [-0.39, 0.29) is 21.7 Å². The summed E-state index contributed by atoms with van der Waals surface area (Å²) in [6.45, 7) is 31.7. The van der Waals surface area contributed by atoms with E-state index in [4.69, 9.17) is 9.72 Å². The number of nitrogens with zero attached hydrogens (tertiary/aromatic N) is 3. The highest BCUT2D eigenvalue weighted by Gasteiger charge is 2.23. The molecular formula is C55H66N4O.